The van der Waals surface area contributed by atoms with Crippen LogP contribution in [0.1, 0.15) is 39.5 Å². The van der Waals surface area contributed by atoms with Crippen LogP contribution in [0, 0.1) is 0 Å². The van der Waals surface area contributed by atoms with Crippen LogP contribution in [0.15, 0.2) is 0 Å². The van der Waals surface area contributed by atoms with Crippen molar-refractivity contribution in [2.24, 2.45) is 0 Å². The van der Waals surface area contributed by atoms with Crippen molar-refractivity contribution in [3.63, 3.8) is 0 Å². The lowest BCUT2D eigenvalue weighted by atomic mass is 10.2. The predicted octanol–water partition coefficient (Wildman–Crippen LogP) is 1.32. The van der Waals surface area contributed by atoms with E-state index in [4.69, 9.17) is 18.9 Å². The molecular formula is C16H28O7. The molecular weight excluding hydrogens is 304 g/mol. The molecule has 0 aromatic heterocycles. The van der Waals surface area contributed by atoms with Gasteiger partial charge in [-0.3, -0.25) is 4.79 Å². The van der Waals surface area contributed by atoms with Gasteiger partial charge in [-0.15, -0.1) is 0 Å². The highest BCUT2D eigenvalue weighted by Gasteiger charge is 2.04. The Hall–Kier alpha value is -1.31. The van der Waals surface area contributed by atoms with Crippen LogP contribution in [0.25, 0.3) is 0 Å². The highest BCUT2D eigenvalue weighted by Crippen LogP contribution is 1.94. The molecule has 0 spiro atoms. The Morgan fingerprint density at radius 1 is 0.609 bits per heavy atom. The minimum absolute atomic E-state index is 0.0295. The van der Waals surface area contributed by atoms with E-state index >= 15 is 0 Å². The zero-order valence-electron chi connectivity index (χ0n) is 14.1. The number of hydrogen-bond acceptors (Lipinski definition) is 7. The molecule has 0 rings (SSSR count). The summed E-state index contributed by atoms with van der Waals surface area (Å²) in [5, 5.41) is 0. The van der Waals surface area contributed by atoms with Gasteiger partial charge in [-0.25, -0.2) is 0 Å². The summed E-state index contributed by atoms with van der Waals surface area (Å²) in [7, 11) is 0. The predicted molar refractivity (Wildman–Crippen MR) is 83.2 cm³/mol. The smallest absolute Gasteiger partial charge is 0.306 e. The Balaban J connectivity index is 3.14. The van der Waals surface area contributed by atoms with E-state index in [1.54, 1.807) is 6.92 Å². The third kappa shape index (κ3) is 18.6. The molecule has 0 aromatic rings. The molecule has 0 aromatic carbocycles. The SMILES string of the molecule is CC(=O)CCCOCCOCCOCCOC(=O)CCC(C)=O. The van der Waals surface area contributed by atoms with Crippen molar-refractivity contribution in [2.45, 2.75) is 39.5 Å². The quantitative estimate of drug-likeness (QED) is 0.311. The molecule has 7 heteroatoms. The van der Waals surface area contributed by atoms with E-state index in [-0.39, 0.29) is 37.0 Å². The van der Waals surface area contributed by atoms with Crippen LogP contribution < -0.4 is 0 Å². The van der Waals surface area contributed by atoms with Gasteiger partial charge >= 0.3 is 5.97 Å². The largest absolute Gasteiger partial charge is 0.463 e. The fourth-order valence-corrected chi connectivity index (χ4v) is 1.53. The van der Waals surface area contributed by atoms with E-state index in [2.05, 4.69) is 0 Å². The average Bonchev–Trinajstić information content (AvgIpc) is 2.49. The molecule has 0 saturated heterocycles. The Morgan fingerprint density at radius 3 is 1.61 bits per heavy atom. The summed E-state index contributed by atoms with van der Waals surface area (Å²) in [6.07, 6.45) is 1.62. The molecule has 134 valence electrons. The van der Waals surface area contributed by atoms with Gasteiger partial charge in [0.25, 0.3) is 0 Å². The Morgan fingerprint density at radius 2 is 1.09 bits per heavy atom. The summed E-state index contributed by atoms with van der Waals surface area (Å²) in [4.78, 5) is 32.5. The zero-order valence-corrected chi connectivity index (χ0v) is 14.1. The minimum atomic E-state index is -0.387. The van der Waals surface area contributed by atoms with Crippen molar-refractivity contribution < 1.29 is 33.3 Å². The molecule has 0 amide bonds. The molecule has 7 nitrogen and oxygen atoms in total. The number of rotatable bonds is 16. The number of Topliss-reactive ketones (excluding diaryl/α,β-unsaturated/α-hetero) is 2. The van der Waals surface area contributed by atoms with Gasteiger partial charge in [-0.1, -0.05) is 0 Å². The second-order valence-corrected chi connectivity index (χ2v) is 5.07. The molecule has 0 radical (unpaired) electrons. The van der Waals surface area contributed by atoms with Gasteiger partial charge in [0.05, 0.1) is 39.5 Å². The lowest BCUT2D eigenvalue weighted by molar-refractivity contribution is -0.146. The van der Waals surface area contributed by atoms with Crippen molar-refractivity contribution in [2.75, 3.05) is 46.2 Å². The van der Waals surface area contributed by atoms with Crippen molar-refractivity contribution in [3.8, 4) is 0 Å². The topological polar surface area (TPSA) is 88.1 Å². The summed E-state index contributed by atoms with van der Waals surface area (Å²) in [6.45, 7) is 5.87. The van der Waals surface area contributed by atoms with Crippen LogP contribution in [0.4, 0.5) is 0 Å². The molecule has 0 heterocycles. The van der Waals surface area contributed by atoms with Crippen LogP contribution >= 0.6 is 0 Å². The van der Waals surface area contributed by atoms with Gasteiger partial charge in [0.1, 0.15) is 18.2 Å². The maximum atomic E-state index is 11.2. The van der Waals surface area contributed by atoms with Crippen molar-refractivity contribution in [3.05, 3.63) is 0 Å². The van der Waals surface area contributed by atoms with E-state index in [9.17, 15) is 14.4 Å². The monoisotopic (exact) mass is 332 g/mol. The van der Waals surface area contributed by atoms with E-state index < -0.39 is 0 Å². The van der Waals surface area contributed by atoms with Crippen LogP contribution in [-0.2, 0) is 33.3 Å². The van der Waals surface area contributed by atoms with Gasteiger partial charge in [0, 0.05) is 19.4 Å². The van der Waals surface area contributed by atoms with E-state index in [1.807, 2.05) is 0 Å². The van der Waals surface area contributed by atoms with Crippen LogP contribution in [0.3, 0.4) is 0 Å². The molecule has 0 fully saturated rings. The molecule has 0 aliphatic heterocycles. The van der Waals surface area contributed by atoms with Crippen molar-refractivity contribution >= 4 is 17.5 Å². The molecule has 0 N–H and O–H groups in total. The maximum absolute atomic E-state index is 11.2. The number of hydrogen-bond donors (Lipinski definition) is 0. The number of ketones is 2. The fourth-order valence-electron chi connectivity index (χ4n) is 1.53. The first-order chi connectivity index (χ1) is 11.0. The second kappa shape index (κ2) is 15.6. The minimum Gasteiger partial charge on any atom is -0.463 e. The first-order valence-electron chi connectivity index (χ1n) is 7.90. The lowest BCUT2D eigenvalue weighted by Crippen LogP contribution is -2.14. The standard InChI is InChI=1S/C16H28O7/c1-14(17)4-3-7-20-8-9-21-10-11-22-12-13-23-16(19)6-5-15(2)18/h3-13H2,1-2H3. The Kier molecular flexibility index (Phi) is 14.7. The van der Waals surface area contributed by atoms with Gasteiger partial charge in [-0.2, -0.15) is 0 Å². The van der Waals surface area contributed by atoms with Crippen LogP contribution in [0.2, 0.25) is 0 Å². The molecule has 0 aliphatic rings. The molecule has 0 saturated carbocycles. The number of carbonyl (C=O) groups is 3. The summed E-state index contributed by atoms with van der Waals surface area (Å²) < 4.78 is 20.7. The third-order valence-corrected chi connectivity index (χ3v) is 2.73. The normalized spacial score (nSPS) is 10.5. The fraction of sp³-hybridized carbons (Fsp3) is 0.812. The summed E-state index contributed by atoms with van der Waals surface area (Å²) in [6, 6.07) is 0. The highest BCUT2D eigenvalue weighted by molar-refractivity contribution is 5.80. The van der Waals surface area contributed by atoms with E-state index in [0.29, 0.717) is 46.1 Å². The molecule has 23 heavy (non-hydrogen) atoms. The highest BCUT2D eigenvalue weighted by atomic mass is 16.6. The van der Waals surface area contributed by atoms with Crippen LogP contribution in [0.5, 0.6) is 0 Å². The first-order valence-corrected chi connectivity index (χ1v) is 7.90. The van der Waals surface area contributed by atoms with Gasteiger partial charge < -0.3 is 28.5 Å². The van der Waals surface area contributed by atoms with E-state index in [1.165, 1.54) is 6.92 Å². The van der Waals surface area contributed by atoms with Crippen molar-refractivity contribution in [1.29, 1.82) is 0 Å². The number of ether oxygens (including phenoxy) is 4. The van der Waals surface area contributed by atoms with Crippen LogP contribution in [-0.4, -0.2) is 63.8 Å². The Labute approximate surface area is 137 Å². The first kappa shape index (κ1) is 21.7. The molecule has 0 atom stereocenters. The molecule has 0 bridgehead atoms. The Bertz CT molecular complexity index is 341. The van der Waals surface area contributed by atoms with Gasteiger partial charge in [0.2, 0.25) is 0 Å². The summed E-state index contributed by atoms with van der Waals surface area (Å²) in [5.41, 5.74) is 0. The maximum Gasteiger partial charge on any atom is 0.306 e. The second-order valence-electron chi connectivity index (χ2n) is 5.07. The third-order valence-electron chi connectivity index (χ3n) is 2.73. The van der Waals surface area contributed by atoms with E-state index in [0.717, 1.165) is 6.42 Å². The van der Waals surface area contributed by atoms with Gasteiger partial charge in [0.15, 0.2) is 0 Å². The number of esters is 1. The lowest BCUT2D eigenvalue weighted by Gasteiger charge is -2.07. The van der Waals surface area contributed by atoms with Crippen molar-refractivity contribution in [1.82, 2.24) is 0 Å². The van der Waals surface area contributed by atoms with Gasteiger partial charge in [-0.05, 0) is 20.3 Å². The summed E-state index contributed by atoms with van der Waals surface area (Å²) >= 11 is 0. The number of carbonyl (C=O) groups excluding carboxylic acids is 3. The zero-order chi connectivity index (χ0) is 17.3. The summed E-state index contributed by atoms with van der Waals surface area (Å²) in [5.74, 6) is -0.244. The molecule has 0 unspecified atom stereocenters. The average molecular weight is 332 g/mol. The molecule has 0 aliphatic carbocycles.